The van der Waals surface area contributed by atoms with Crippen LogP contribution < -0.4 is 0 Å². The predicted molar refractivity (Wildman–Crippen MR) is 41.3 cm³/mol. The lowest BCUT2D eigenvalue weighted by atomic mass is 10.2. The maximum atomic E-state index is 10.7. The highest BCUT2D eigenvalue weighted by Gasteiger charge is 2.41. The molecular formula is C7H11NO5. The average molecular weight is 189 g/mol. The molecular weight excluding hydrogens is 178 g/mol. The number of ether oxygens (including phenoxy) is 1. The second-order valence-electron chi connectivity index (χ2n) is 2.81. The number of carboxylic acid groups (broad SMARTS) is 2. The summed E-state index contributed by atoms with van der Waals surface area (Å²) in [6.07, 6.45) is -1.14. The van der Waals surface area contributed by atoms with E-state index in [0.717, 1.165) is 4.90 Å². The summed E-state index contributed by atoms with van der Waals surface area (Å²) in [4.78, 5) is 22.1. The third-order valence-corrected chi connectivity index (χ3v) is 2.11. The molecule has 0 spiro atoms. The van der Waals surface area contributed by atoms with E-state index in [0.29, 0.717) is 12.8 Å². The minimum Gasteiger partial charge on any atom is -0.480 e. The SMILES string of the molecule is COC1CC[C@H](C(=O)O)N1C(=O)O. The first-order chi connectivity index (χ1) is 6.07. The van der Waals surface area contributed by atoms with Crippen LogP contribution in [0, 0.1) is 0 Å². The quantitative estimate of drug-likeness (QED) is 0.647. The minimum atomic E-state index is -1.25. The van der Waals surface area contributed by atoms with Crippen LogP contribution in [0.3, 0.4) is 0 Å². The first-order valence-corrected chi connectivity index (χ1v) is 3.84. The van der Waals surface area contributed by atoms with Crippen LogP contribution in [0.15, 0.2) is 0 Å². The van der Waals surface area contributed by atoms with E-state index in [1.54, 1.807) is 0 Å². The highest BCUT2D eigenvalue weighted by molar-refractivity contribution is 5.80. The fourth-order valence-corrected chi connectivity index (χ4v) is 1.51. The number of carbonyl (C=O) groups is 2. The van der Waals surface area contributed by atoms with E-state index in [4.69, 9.17) is 14.9 Å². The molecule has 1 aliphatic heterocycles. The molecule has 6 nitrogen and oxygen atoms in total. The van der Waals surface area contributed by atoms with E-state index in [2.05, 4.69) is 0 Å². The predicted octanol–water partition coefficient (Wildman–Crippen LogP) is 0.186. The molecule has 1 rings (SSSR count). The minimum absolute atomic E-state index is 0.306. The molecule has 1 amide bonds. The Morgan fingerprint density at radius 3 is 2.38 bits per heavy atom. The molecule has 1 unspecified atom stereocenters. The van der Waals surface area contributed by atoms with Gasteiger partial charge in [-0.1, -0.05) is 0 Å². The summed E-state index contributed by atoms with van der Waals surface area (Å²) in [5, 5.41) is 17.4. The largest absolute Gasteiger partial charge is 0.480 e. The Hall–Kier alpha value is -1.30. The van der Waals surface area contributed by atoms with Crippen molar-refractivity contribution >= 4 is 12.1 Å². The zero-order valence-corrected chi connectivity index (χ0v) is 7.14. The zero-order chi connectivity index (χ0) is 10.0. The first-order valence-electron chi connectivity index (χ1n) is 3.84. The summed E-state index contributed by atoms with van der Waals surface area (Å²) < 4.78 is 4.85. The van der Waals surface area contributed by atoms with Crippen molar-refractivity contribution in [3.05, 3.63) is 0 Å². The van der Waals surface area contributed by atoms with Crippen molar-refractivity contribution < 1.29 is 24.5 Å². The number of amides is 1. The molecule has 0 bridgehead atoms. The van der Waals surface area contributed by atoms with Gasteiger partial charge in [-0.3, -0.25) is 4.90 Å². The second-order valence-corrected chi connectivity index (χ2v) is 2.81. The number of hydrogen-bond acceptors (Lipinski definition) is 3. The van der Waals surface area contributed by atoms with E-state index in [1.807, 2.05) is 0 Å². The number of hydrogen-bond donors (Lipinski definition) is 2. The van der Waals surface area contributed by atoms with Crippen LogP contribution in [-0.4, -0.2) is 46.6 Å². The Morgan fingerprint density at radius 2 is 2.00 bits per heavy atom. The molecule has 1 heterocycles. The van der Waals surface area contributed by atoms with Crippen molar-refractivity contribution in [1.29, 1.82) is 0 Å². The maximum Gasteiger partial charge on any atom is 0.410 e. The highest BCUT2D eigenvalue weighted by atomic mass is 16.5. The normalized spacial score (nSPS) is 27.6. The van der Waals surface area contributed by atoms with Crippen LogP contribution in [0.1, 0.15) is 12.8 Å². The molecule has 0 aromatic heterocycles. The van der Waals surface area contributed by atoms with Gasteiger partial charge in [0.1, 0.15) is 12.3 Å². The van der Waals surface area contributed by atoms with Crippen LogP contribution in [0.25, 0.3) is 0 Å². The fourth-order valence-electron chi connectivity index (χ4n) is 1.51. The van der Waals surface area contributed by atoms with Crippen molar-refractivity contribution in [3.63, 3.8) is 0 Å². The van der Waals surface area contributed by atoms with Gasteiger partial charge in [0.15, 0.2) is 0 Å². The molecule has 0 radical (unpaired) electrons. The van der Waals surface area contributed by atoms with Gasteiger partial charge in [-0.2, -0.15) is 0 Å². The van der Waals surface area contributed by atoms with Crippen molar-refractivity contribution in [2.75, 3.05) is 7.11 Å². The third-order valence-electron chi connectivity index (χ3n) is 2.11. The van der Waals surface area contributed by atoms with Gasteiger partial charge in [0.05, 0.1) is 0 Å². The smallest absolute Gasteiger partial charge is 0.410 e. The molecule has 6 heteroatoms. The van der Waals surface area contributed by atoms with E-state index in [-0.39, 0.29) is 0 Å². The fraction of sp³-hybridized carbons (Fsp3) is 0.714. The highest BCUT2D eigenvalue weighted by Crippen LogP contribution is 2.24. The Labute approximate surface area is 74.7 Å². The molecule has 2 atom stereocenters. The second kappa shape index (κ2) is 3.61. The lowest BCUT2D eigenvalue weighted by molar-refractivity contribution is -0.143. The Balaban J connectivity index is 2.78. The van der Waals surface area contributed by atoms with Crippen LogP contribution >= 0.6 is 0 Å². The molecule has 0 aromatic rings. The standard InChI is InChI=1S/C7H11NO5/c1-13-5-3-2-4(6(9)10)8(5)7(11)12/h4-5H,2-3H2,1H3,(H,9,10)(H,11,12)/t4-,5?/m1/s1. The average Bonchev–Trinajstić information content (AvgIpc) is 2.46. The van der Waals surface area contributed by atoms with Gasteiger partial charge in [0.25, 0.3) is 0 Å². The Bertz CT molecular complexity index is 229. The number of nitrogens with zero attached hydrogens (tertiary/aromatic N) is 1. The van der Waals surface area contributed by atoms with E-state index in [1.165, 1.54) is 7.11 Å². The number of rotatable bonds is 2. The Morgan fingerprint density at radius 1 is 1.38 bits per heavy atom. The molecule has 0 saturated carbocycles. The summed E-state index contributed by atoms with van der Waals surface area (Å²) in [6, 6.07) is -0.970. The summed E-state index contributed by atoms with van der Waals surface area (Å²) in [6.45, 7) is 0. The van der Waals surface area contributed by atoms with E-state index >= 15 is 0 Å². The monoisotopic (exact) mass is 189 g/mol. The summed E-state index contributed by atoms with van der Waals surface area (Å²) in [5.41, 5.74) is 0. The number of carboxylic acids is 1. The summed E-state index contributed by atoms with van der Waals surface area (Å²) in [7, 11) is 1.37. The molecule has 0 aliphatic carbocycles. The maximum absolute atomic E-state index is 10.7. The molecule has 1 saturated heterocycles. The van der Waals surface area contributed by atoms with Gasteiger partial charge in [-0.25, -0.2) is 9.59 Å². The molecule has 13 heavy (non-hydrogen) atoms. The topological polar surface area (TPSA) is 87.1 Å². The summed E-state index contributed by atoms with van der Waals surface area (Å²) >= 11 is 0. The number of aliphatic carboxylic acids is 1. The van der Waals surface area contributed by atoms with Gasteiger partial charge in [-0.15, -0.1) is 0 Å². The van der Waals surface area contributed by atoms with Gasteiger partial charge in [0.2, 0.25) is 0 Å². The van der Waals surface area contributed by atoms with Gasteiger partial charge >= 0.3 is 12.1 Å². The molecule has 0 aromatic carbocycles. The number of methoxy groups -OCH3 is 1. The number of likely N-dealkylation sites (tertiary alicyclic amines) is 1. The van der Waals surface area contributed by atoms with Crippen molar-refractivity contribution in [2.45, 2.75) is 25.1 Å². The lowest BCUT2D eigenvalue weighted by Gasteiger charge is -2.23. The van der Waals surface area contributed by atoms with Crippen LogP contribution in [-0.2, 0) is 9.53 Å². The van der Waals surface area contributed by atoms with Gasteiger partial charge < -0.3 is 14.9 Å². The molecule has 1 aliphatic rings. The zero-order valence-electron chi connectivity index (χ0n) is 7.14. The Kier molecular flexibility index (Phi) is 2.72. The van der Waals surface area contributed by atoms with Gasteiger partial charge in [0, 0.05) is 7.11 Å². The lowest BCUT2D eigenvalue weighted by Crippen LogP contribution is -2.44. The van der Waals surface area contributed by atoms with Crippen molar-refractivity contribution in [1.82, 2.24) is 4.90 Å². The third kappa shape index (κ3) is 1.72. The molecule has 1 fully saturated rings. The molecule has 2 N–H and O–H groups in total. The van der Waals surface area contributed by atoms with Crippen LogP contribution in [0.2, 0.25) is 0 Å². The van der Waals surface area contributed by atoms with Crippen LogP contribution in [0.5, 0.6) is 0 Å². The van der Waals surface area contributed by atoms with Crippen LogP contribution in [0.4, 0.5) is 4.79 Å². The van der Waals surface area contributed by atoms with Crippen molar-refractivity contribution in [2.24, 2.45) is 0 Å². The first kappa shape index (κ1) is 9.79. The summed E-state index contributed by atoms with van der Waals surface area (Å²) in [5.74, 6) is -1.12. The van der Waals surface area contributed by atoms with Gasteiger partial charge in [-0.05, 0) is 12.8 Å². The van der Waals surface area contributed by atoms with E-state index < -0.39 is 24.3 Å². The molecule has 74 valence electrons. The van der Waals surface area contributed by atoms with Crippen molar-refractivity contribution in [3.8, 4) is 0 Å². The van der Waals surface area contributed by atoms with E-state index in [9.17, 15) is 9.59 Å².